The molecule has 0 spiro atoms. The van der Waals surface area contributed by atoms with Crippen LogP contribution in [0.15, 0.2) is 24.4 Å². The number of nitrogens with zero attached hydrogens (tertiary/aromatic N) is 5. The Morgan fingerprint density at radius 2 is 2.18 bits per heavy atom. The lowest BCUT2D eigenvalue weighted by atomic mass is 10.1. The molecule has 2 aliphatic rings. The zero-order valence-electron chi connectivity index (χ0n) is 19.1. The van der Waals surface area contributed by atoms with Gasteiger partial charge >= 0.3 is 5.95 Å². The average Bonchev–Trinajstić information content (AvgIpc) is 3.57. The van der Waals surface area contributed by atoms with Crippen LogP contribution in [0, 0.1) is 11.2 Å². The molecule has 0 aromatic carbocycles. The minimum Gasteiger partial charge on any atom is -0.740 e. The first-order valence-electron chi connectivity index (χ1n) is 11.6. The average molecular weight is 467 g/mol. The third kappa shape index (κ3) is 4.13. The van der Waals surface area contributed by atoms with E-state index >= 15 is 0 Å². The molecule has 178 valence electrons. The Hall–Kier alpha value is -3.76. The molecule has 34 heavy (non-hydrogen) atoms. The number of amides is 1. The fourth-order valence-corrected chi connectivity index (χ4v) is 4.60. The smallest absolute Gasteiger partial charge is 0.397 e. The second kappa shape index (κ2) is 8.88. The van der Waals surface area contributed by atoms with Gasteiger partial charge in [-0.05, 0) is 43.7 Å². The van der Waals surface area contributed by atoms with Crippen LogP contribution in [-0.2, 0) is 17.6 Å². The molecular formula is C23H27FN8O2. The van der Waals surface area contributed by atoms with Gasteiger partial charge in [0.15, 0.2) is 11.9 Å². The molecule has 1 atom stereocenters. The number of anilines is 4. The number of pyridine rings is 1. The fraction of sp³-hybridized carbons (Fsp3) is 0.435. The molecule has 1 saturated heterocycles. The summed E-state index contributed by atoms with van der Waals surface area (Å²) in [5.74, 6) is 0.851. The third-order valence-electron chi connectivity index (χ3n) is 6.39. The van der Waals surface area contributed by atoms with Gasteiger partial charge in [-0.1, -0.05) is 18.8 Å². The summed E-state index contributed by atoms with van der Waals surface area (Å²) in [7, 11) is 0. The first-order chi connectivity index (χ1) is 16.4. The highest BCUT2D eigenvalue weighted by Crippen LogP contribution is 2.32. The summed E-state index contributed by atoms with van der Waals surface area (Å²) >= 11 is 0. The molecule has 1 fully saturated rings. The molecule has 1 amide bonds. The van der Waals surface area contributed by atoms with E-state index in [2.05, 4.69) is 39.7 Å². The normalized spacial score (nSPS) is 17.3. The van der Waals surface area contributed by atoms with Crippen molar-refractivity contribution in [3.63, 3.8) is 0 Å². The number of rotatable bonds is 6. The van der Waals surface area contributed by atoms with Gasteiger partial charge in [0.1, 0.15) is 0 Å². The minimum absolute atomic E-state index is 0.206. The first-order valence-corrected chi connectivity index (χ1v) is 11.6. The van der Waals surface area contributed by atoms with Gasteiger partial charge in [-0.25, -0.2) is 14.6 Å². The number of nitrogens with one attached hydrogen (secondary N) is 3. The largest absolute Gasteiger partial charge is 0.740 e. The van der Waals surface area contributed by atoms with Crippen LogP contribution in [0.4, 0.5) is 27.7 Å². The highest BCUT2D eigenvalue weighted by Gasteiger charge is 2.40. The molecule has 5 rings (SSSR count). The SMILES string of the molecule is CC(C)c1cc(Nc2nc(N3CCC[C@@H]3C(=O)Nc3ccc(F)nc3)[n+]([O-])c3c2CCC3)n[nH]1. The predicted octanol–water partition coefficient (Wildman–Crippen LogP) is 2.94. The van der Waals surface area contributed by atoms with Gasteiger partial charge in [0.05, 0.1) is 24.1 Å². The number of H-pyrrole nitrogens is 1. The van der Waals surface area contributed by atoms with E-state index in [1.165, 1.54) is 18.3 Å². The Bertz CT molecular complexity index is 1210. The van der Waals surface area contributed by atoms with Gasteiger partial charge in [-0.2, -0.15) is 9.49 Å². The number of carbonyl (C=O) groups excluding carboxylic acids is 1. The van der Waals surface area contributed by atoms with E-state index in [0.29, 0.717) is 48.3 Å². The van der Waals surface area contributed by atoms with Gasteiger partial charge in [-0.15, -0.1) is 0 Å². The standard InChI is InChI=1S/C23H27FN8O2/c1-13(2)16-11-20(30-29-16)27-21-15-5-3-6-17(15)32(34)23(28-21)31-10-4-7-18(31)22(33)26-14-8-9-19(24)25-12-14/h8-9,11-13,18H,3-7,10H2,1-2H3,(H,26,33)(H2,27,28,29,30)/t18-/m1/s1. The molecule has 1 aliphatic heterocycles. The first kappa shape index (κ1) is 22.1. The number of hydrogen-bond donors (Lipinski definition) is 3. The maximum atomic E-state index is 13.3. The van der Waals surface area contributed by atoms with E-state index in [1.54, 1.807) is 4.90 Å². The summed E-state index contributed by atoms with van der Waals surface area (Å²) in [5, 5.41) is 26.7. The second-order valence-corrected chi connectivity index (χ2v) is 9.03. The summed E-state index contributed by atoms with van der Waals surface area (Å²) in [4.78, 5) is 23.1. The summed E-state index contributed by atoms with van der Waals surface area (Å²) in [5.41, 5.74) is 2.98. The van der Waals surface area contributed by atoms with Gasteiger partial charge < -0.3 is 15.8 Å². The summed E-state index contributed by atoms with van der Waals surface area (Å²) in [6.45, 7) is 4.69. The van der Waals surface area contributed by atoms with Gasteiger partial charge in [0.25, 0.3) is 5.91 Å². The summed E-state index contributed by atoms with van der Waals surface area (Å²) < 4.78 is 14.0. The second-order valence-electron chi connectivity index (χ2n) is 9.03. The number of fused-ring (bicyclic) bond motifs is 1. The van der Waals surface area contributed by atoms with Crippen molar-refractivity contribution < 1.29 is 13.9 Å². The molecule has 11 heteroatoms. The Kier molecular flexibility index (Phi) is 5.76. The highest BCUT2D eigenvalue weighted by molar-refractivity contribution is 5.96. The number of carbonyl (C=O) groups is 1. The molecule has 3 N–H and O–H groups in total. The molecule has 3 aromatic heterocycles. The molecule has 0 saturated carbocycles. The van der Waals surface area contributed by atoms with Crippen molar-refractivity contribution >= 4 is 29.2 Å². The van der Waals surface area contributed by atoms with Crippen LogP contribution in [0.25, 0.3) is 0 Å². The summed E-state index contributed by atoms with van der Waals surface area (Å²) in [6.07, 6.45) is 4.89. The Balaban J connectivity index is 1.44. The van der Waals surface area contributed by atoms with Gasteiger partial charge in [0.2, 0.25) is 11.8 Å². The van der Waals surface area contributed by atoms with Crippen molar-refractivity contribution in [1.29, 1.82) is 0 Å². The molecular weight excluding hydrogens is 439 g/mol. The lowest BCUT2D eigenvalue weighted by molar-refractivity contribution is -0.603. The molecule has 10 nitrogen and oxygen atoms in total. The highest BCUT2D eigenvalue weighted by atomic mass is 19.1. The van der Waals surface area contributed by atoms with Crippen LogP contribution >= 0.6 is 0 Å². The molecule has 0 radical (unpaired) electrons. The van der Waals surface area contributed by atoms with E-state index in [-0.39, 0.29) is 11.9 Å². The Labute approximate surface area is 196 Å². The molecule has 0 unspecified atom stereocenters. The molecule has 4 heterocycles. The lowest BCUT2D eigenvalue weighted by Gasteiger charge is -2.24. The van der Waals surface area contributed by atoms with Crippen molar-refractivity contribution in [2.45, 2.75) is 57.9 Å². The molecule has 1 aliphatic carbocycles. The molecule has 3 aromatic rings. The van der Waals surface area contributed by atoms with E-state index < -0.39 is 12.0 Å². The van der Waals surface area contributed by atoms with E-state index in [1.807, 2.05) is 6.07 Å². The van der Waals surface area contributed by atoms with Crippen LogP contribution < -0.4 is 20.3 Å². The minimum atomic E-state index is -0.618. The van der Waals surface area contributed by atoms with E-state index in [4.69, 9.17) is 4.98 Å². The van der Waals surface area contributed by atoms with Crippen LogP contribution in [0.5, 0.6) is 0 Å². The van der Waals surface area contributed by atoms with Gasteiger partial charge in [-0.3, -0.25) is 9.89 Å². The summed E-state index contributed by atoms with van der Waals surface area (Å²) in [6, 6.07) is 4.02. The quantitative estimate of drug-likeness (QED) is 0.290. The molecule has 0 bridgehead atoms. The zero-order valence-corrected chi connectivity index (χ0v) is 19.1. The number of aromatic nitrogens is 5. The van der Waals surface area contributed by atoms with Crippen molar-refractivity contribution in [1.82, 2.24) is 20.2 Å². The van der Waals surface area contributed by atoms with Crippen molar-refractivity contribution in [2.24, 2.45) is 0 Å². The van der Waals surface area contributed by atoms with E-state index in [9.17, 15) is 14.4 Å². The maximum absolute atomic E-state index is 13.3. The fourth-order valence-electron chi connectivity index (χ4n) is 4.60. The van der Waals surface area contributed by atoms with Crippen LogP contribution in [0.3, 0.4) is 0 Å². The monoisotopic (exact) mass is 466 g/mol. The van der Waals surface area contributed by atoms with Crippen LogP contribution in [0.1, 0.15) is 56.0 Å². The topological polar surface area (TPSA) is 126 Å². The number of aromatic amines is 1. The van der Waals surface area contributed by atoms with Crippen LogP contribution in [0.2, 0.25) is 0 Å². The third-order valence-corrected chi connectivity index (χ3v) is 6.39. The maximum Gasteiger partial charge on any atom is 0.397 e. The number of halogens is 1. The zero-order chi connectivity index (χ0) is 23.8. The lowest BCUT2D eigenvalue weighted by Crippen LogP contribution is -2.48. The Morgan fingerprint density at radius 3 is 2.91 bits per heavy atom. The van der Waals surface area contributed by atoms with E-state index in [0.717, 1.165) is 35.3 Å². The van der Waals surface area contributed by atoms with Crippen molar-refractivity contribution in [3.8, 4) is 0 Å². The van der Waals surface area contributed by atoms with Crippen molar-refractivity contribution in [2.75, 3.05) is 22.1 Å². The van der Waals surface area contributed by atoms with Crippen LogP contribution in [-0.4, -0.2) is 38.7 Å². The predicted molar refractivity (Wildman–Crippen MR) is 124 cm³/mol. The van der Waals surface area contributed by atoms with Crippen molar-refractivity contribution in [3.05, 3.63) is 52.5 Å². The Morgan fingerprint density at radius 1 is 1.32 bits per heavy atom. The number of hydrogen-bond acceptors (Lipinski definition) is 7. The van der Waals surface area contributed by atoms with Gasteiger partial charge in [0, 0.05) is 23.7 Å².